The molecule has 6 heteroatoms. The number of thiocarbonyl (C=S) groups is 1. The predicted octanol–water partition coefficient (Wildman–Crippen LogP) is 2.84. The van der Waals surface area contributed by atoms with Gasteiger partial charge in [-0.05, 0) is 62.3 Å². The number of hydrogen-bond acceptors (Lipinski definition) is 3. The van der Waals surface area contributed by atoms with Crippen LogP contribution in [0.25, 0.3) is 0 Å². The lowest BCUT2D eigenvalue weighted by molar-refractivity contribution is 0.0942. The van der Waals surface area contributed by atoms with Crippen LogP contribution in [0.4, 0.5) is 5.69 Å². The van der Waals surface area contributed by atoms with Gasteiger partial charge in [0.25, 0.3) is 5.91 Å². The van der Waals surface area contributed by atoms with E-state index in [0.29, 0.717) is 16.4 Å². The second-order valence-electron chi connectivity index (χ2n) is 4.72. The number of anilines is 1. The number of hydrogen-bond donors (Lipinski definition) is 3. The molecule has 0 aliphatic rings. The SMILES string of the molecule is Cc1ccc(NC(=S)NNC(=O)c2ccoc2C)cc1C. The average molecular weight is 303 g/mol. The zero-order chi connectivity index (χ0) is 15.4. The van der Waals surface area contributed by atoms with Gasteiger partial charge in [-0.15, -0.1) is 0 Å². The van der Waals surface area contributed by atoms with Crippen molar-refractivity contribution in [2.24, 2.45) is 0 Å². The van der Waals surface area contributed by atoms with Crippen molar-refractivity contribution in [3.05, 3.63) is 53.0 Å². The fourth-order valence-electron chi connectivity index (χ4n) is 1.78. The summed E-state index contributed by atoms with van der Waals surface area (Å²) in [5.41, 5.74) is 8.89. The van der Waals surface area contributed by atoms with Crippen LogP contribution in [-0.4, -0.2) is 11.0 Å². The maximum absolute atomic E-state index is 11.9. The van der Waals surface area contributed by atoms with Crippen molar-refractivity contribution >= 4 is 28.9 Å². The molecule has 0 radical (unpaired) electrons. The van der Waals surface area contributed by atoms with Crippen LogP contribution in [0.3, 0.4) is 0 Å². The zero-order valence-corrected chi connectivity index (χ0v) is 12.9. The number of carbonyl (C=O) groups excluding carboxylic acids is 1. The molecule has 1 aromatic heterocycles. The van der Waals surface area contributed by atoms with Crippen molar-refractivity contribution in [2.75, 3.05) is 5.32 Å². The highest BCUT2D eigenvalue weighted by Gasteiger charge is 2.11. The molecule has 0 saturated heterocycles. The molecule has 0 spiro atoms. The first-order chi connectivity index (χ1) is 9.97. The third kappa shape index (κ3) is 3.82. The Labute approximate surface area is 128 Å². The molecule has 0 aliphatic carbocycles. The van der Waals surface area contributed by atoms with E-state index in [9.17, 15) is 4.79 Å². The van der Waals surface area contributed by atoms with Gasteiger partial charge in [-0.2, -0.15) is 0 Å². The first kappa shape index (κ1) is 15.1. The van der Waals surface area contributed by atoms with Crippen LogP contribution < -0.4 is 16.2 Å². The summed E-state index contributed by atoms with van der Waals surface area (Å²) in [5, 5.41) is 3.32. The van der Waals surface area contributed by atoms with Crippen LogP contribution in [0.1, 0.15) is 27.2 Å². The number of rotatable bonds is 2. The van der Waals surface area contributed by atoms with Crippen LogP contribution in [0, 0.1) is 20.8 Å². The van der Waals surface area contributed by atoms with Crippen LogP contribution in [0.2, 0.25) is 0 Å². The van der Waals surface area contributed by atoms with Crippen LogP contribution >= 0.6 is 12.2 Å². The van der Waals surface area contributed by atoms with E-state index in [1.807, 2.05) is 32.0 Å². The standard InChI is InChI=1S/C15H17N3O2S/c1-9-4-5-12(8-10(9)2)16-15(21)18-17-14(19)13-6-7-20-11(13)3/h4-8H,1-3H3,(H,17,19)(H2,16,18,21). The molecule has 21 heavy (non-hydrogen) atoms. The third-order valence-corrected chi connectivity index (χ3v) is 3.36. The molecule has 1 heterocycles. The summed E-state index contributed by atoms with van der Waals surface area (Å²) in [6, 6.07) is 7.53. The van der Waals surface area contributed by atoms with Crippen molar-refractivity contribution in [1.29, 1.82) is 0 Å². The van der Waals surface area contributed by atoms with Gasteiger partial charge in [0, 0.05) is 5.69 Å². The summed E-state index contributed by atoms with van der Waals surface area (Å²) in [6.45, 7) is 5.80. The largest absolute Gasteiger partial charge is 0.469 e. The molecular weight excluding hydrogens is 286 g/mol. The minimum Gasteiger partial charge on any atom is -0.469 e. The number of nitrogens with one attached hydrogen (secondary N) is 3. The molecule has 0 fully saturated rings. The molecule has 5 nitrogen and oxygen atoms in total. The van der Waals surface area contributed by atoms with Crippen molar-refractivity contribution in [3.63, 3.8) is 0 Å². The fraction of sp³-hybridized carbons (Fsp3) is 0.200. The first-order valence-corrected chi connectivity index (χ1v) is 6.87. The molecule has 2 aromatic rings. The lowest BCUT2D eigenvalue weighted by Gasteiger charge is -2.12. The summed E-state index contributed by atoms with van der Waals surface area (Å²) >= 11 is 5.13. The van der Waals surface area contributed by atoms with Crippen molar-refractivity contribution < 1.29 is 9.21 Å². The molecule has 0 bridgehead atoms. The fourth-order valence-corrected chi connectivity index (χ4v) is 1.95. The van der Waals surface area contributed by atoms with E-state index in [0.717, 1.165) is 5.69 Å². The lowest BCUT2D eigenvalue weighted by atomic mass is 10.1. The minimum absolute atomic E-state index is 0.300. The highest BCUT2D eigenvalue weighted by molar-refractivity contribution is 7.80. The van der Waals surface area contributed by atoms with Crippen LogP contribution in [-0.2, 0) is 0 Å². The summed E-state index contributed by atoms with van der Waals surface area (Å²) in [6.07, 6.45) is 1.47. The Kier molecular flexibility index (Phi) is 4.59. The summed E-state index contributed by atoms with van der Waals surface area (Å²) in [4.78, 5) is 11.9. The van der Waals surface area contributed by atoms with Gasteiger partial charge in [-0.3, -0.25) is 15.6 Å². The minimum atomic E-state index is -0.300. The van der Waals surface area contributed by atoms with E-state index >= 15 is 0 Å². The molecule has 0 saturated carbocycles. The normalized spacial score (nSPS) is 10.0. The molecule has 110 valence electrons. The summed E-state index contributed by atoms with van der Waals surface area (Å²) in [5.74, 6) is 0.257. The monoisotopic (exact) mass is 303 g/mol. The van der Waals surface area contributed by atoms with Crippen molar-refractivity contribution in [2.45, 2.75) is 20.8 Å². The predicted molar refractivity (Wildman–Crippen MR) is 86.2 cm³/mol. The van der Waals surface area contributed by atoms with Crippen molar-refractivity contribution in [1.82, 2.24) is 10.9 Å². The number of aryl methyl sites for hydroxylation is 3. The number of furan rings is 1. The van der Waals surface area contributed by atoms with E-state index in [4.69, 9.17) is 16.6 Å². The topological polar surface area (TPSA) is 66.3 Å². The molecule has 1 amide bonds. The van der Waals surface area contributed by atoms with E-state index < -0.39 is 0 Å². The second-order valence-corrected chi connectivity index (χ2v) is 5.13. The second kappa shape index (κ2) is 6.41. The van der Waals surface area contributed by atoms with Crippen LogP contribution in [0.15, 0.2) is 34.9 Å². The first-order valence-electron chi connectivity index (χ1n) is 6.46. The van der Waals surface area contributed by atoms with E-state index in [1.54, 1.807) is 13.0 Å². The van der Waals surface area contributed by atoms with Gasteiger partial charge in [0.1, 0.15) is 5.76 Å². The molecular formula is C15H17N3O2S. The maximum atomic E-state index is 11.9. The number of amides is 1. The highest BCUT2D eigenvalue weighted by Crippen LogP contribution is 2.13. The molecule has 0 atom stereocenters. The Morgan fingerprint density at radius 3 is 2.48 bits per heavy atom. The Morgan fingerprint density at radius 2 is 1.86 bits per heavy atom. The van der Waals surface area contributed by atoms with Gasteiger partial charge in [0.15, 0.2) is 5.11 Å². The third-order valence-electron chi connectivity index (χ3n) is 3.16. The Balaban J connectivity index is 1.89. The highest BCUT2D eigenvalue weighted by atomic mass is 32.1. The zero-order valence-electron chi connectivity index (χ0n) is 12.1. The Bertz CT molecular complexity index is 679. The molecule has 0 aliphatic heterocycles. The lowest BCUT2D eigenvalue weighted by Crippen LogP contribution is -2.43. The quantitative estimate of drug-likeness (QED) is 0.588. The molecule has 2 rings (SSSR count). The molecule has 1 aromatic carbocycles. The van der Waals surface area contributed by atoms with E-state index in [-0.39, 0.29) is 5.91 Å². The van der Waals surface area contributed by atoms with E-state index in [2.05, 4.69) is 16.2 Å². The Hall–Kier alpha value is -2.34. The van der Waals surface area contributed by atoms with Crippen molar-refractivity contribution in [3.8, 4) is 0 Å². The maximum Gasteiger partial charge on any atom is 0.273 e. The van der Waals surface area contributed by atoms with E-state index in [1.165, 1.54) is 17.4 Å². The van der Waals surface area contributed by atoms with Gasteiger partial charge in [0.05, 0.1) is 11.8 Å². The number of benzene rings is 1. The van der Waals surface area contributed by atoms with Crippen LogP contribution in [0.5, 0.6) is 0 Å². The molecule has 3 N–H and O–H groups in total. The summed E-state index contributed by atoms with van der Waals surface area (Å²) < 4.78 is 5.08. The smallest absolute Gasteiger partial charge is 0.273 e. The average Bonchev–Trinajstić information content (AvgIpc) is 2.86. The number of hydrazine groups is 1. The summed E-state index contributed by atoms with van der Waals surface area (Å²) in [7, 11) is 0. The van der Waals surface area contributed by atoms with Gasteiger partial charge in [0.2, 0.25) is 0 Å². The molecule has 0 unspecified atom stereocenters. The van der Waals surface area contributed by atoms with Gasteiger partial charge < -0.3 is 9.73 Å². The van der Waals surface area contributed by atoms with Gasteiger partial charge in [-0.25, -0.2) is 0 Å². The van der Waals surface area contributed by atoms with Gasteiger partial charge >= 0.3 is 0 Å². The Morgan fingerprint density at radius 1 is 1.10 bits per heavy atom. The van der Waals surface area contributed by atoms with Gasteiger partial charge in [-0.1, -0.05) is 6.07 Å². The number of carbonyl (C=O) groups is 1.